The van der Waals surface area contributed by atoms with Gasteiger partial charge in [0.1, 0.15) is 6.07 Å². The Balaban J connectivity index is 2.24. The molecular formula is C12H18N2S. The summed E-state index contributed by atoms with van der Waals surface area (Å²) >= 11 is 1.65. The number of nitrogens with one attached hydrogen (secondary N) is 1. The zero-order valence-corrected chi connectivity index (χ0v) is 10.4. The van der Waals surface area contributed by atoms with Gasteiger partial charge in [-0.05, 0) is 24.4 Å². The lowest BCUT2D eigenvalue weighted by Gasteiger charge is -2.17. The summed E-state index contributed by atoms with van der Waals surface area (Å²) in [5, 5.41) is 14.0. The molecule has 0 aliphatic heterocycles. The fourth-order valence-corrected chi connectivity index (χ4v) is 1.99. The molecule has 0 atom stereocenters. The Morgan fingerprint density at radius 2 is 2.20 bits per heavy atom. The van der Waals surface area contributed by atoms with Gasteiger partial charge < -0.3 is 5.32 Å². The highest BCUT2D eigenvalue weighted by atomic mass is 32.1. The third-order valence-corrected chi connectivity index (χ3v) is 3.07. The lowest BCUT2D eigenvalue weighted by atomic mass is 9.92. The van der Waals surface area contributed by atoms with E-state index >= 15 is 0 Å². The van der Waals surface area contributed by atoms with E-state index in [0.717, 1.165) is 18.7 Å². The molecule has 0 aromatic carbocycles. The van der Waals surface area contributed by atoms with Crippen LogP contribution in [0, 0.1) is 16.7 Å². The van der Waals surface area contributed by atoms with E-state index in [4.69, 9.17) is 5.26 Å². The molecule has 0 unspecified atom stereocenters. The number of thiophene rings is 1. The summed E-state index contributed by atoms with van der Waals surface area (Å²) in [6.45, 7) is 8.64. The molecule has 0 saturated carbocycles. The Labute approximate surface area is 95.9 Å². The topological polar surface area (TPSA) is 35.8 Å². The van der Waals surface area contributed by atoms with Crippen molar-refractivity contribution in [2.75, 3.05) is 6.54 Å². The van der Waals surface area contributed by atoms with Crippen molar-refractivity contribution in [3.05, 3.63) is 21.9 Å². The first-order chi connectivity index (χ1) is 7.01. The lowest BCUT2D eigenvalue weighted by Crippen LogP contribution is -2.19. The van der Waals surface area contributed by atoms with Gasteiger partial charge in [-0.2, -0.15) is 5.26 Å². The summed E-state index contributed by atoms with van der Waals surface area (Å²) in [5.41, 5.74) is 1.16. The summed E-state index contributed by atoms with van der Waals surface area (Å²) in [6, 6.07) is 4.10. The molecule has 0 aliphatic carbocycles. The van der Waals surface area contributed by atoms with Crippen LogP contribution < -0.4 is 5.32 Å². The molecule has 1 rings (SSSR count). The molecule has 1 aromatic heterocycles. The van der Waals surface area contributed by atoms with Crippen molar-refractivity contribution in [1.29, 1.82) is 5.26 Å². The van der Waals surface area contributed by atoms with Gasteiger partial charge in [0.25, 0.3) is 0 Å². The molecule has 0 fully saturated rings. The van der Waals surface area contributed by atoms with Crippen molar-refractivity contribution in [1.82, 2.24) is 5.32 Å². The average Bonchev–Trinajstić information content (AvgIpc) is 2.59. The predicted octanol–water partition coefficient (Wildman–Crippen LogP) is 3.15. The van der Waals surface area contributed by atoms with Crippen molar-refractivity contribution in [3.8, 4) is 6.07 Å². The molecule has 82 valence electrons. The van der Waals surface area contributed by atoms with Gasteiger partial charge in [0.2, 0.25) is 0 Å². The number of rotatable bonds is 4. The number of hydrogen-bond donors (Lipinski definition) is 1. The smallest absolute Gasteiger partial charge is 0.100 e. The molecule has 1 aromatic rings. The summed E-state index contributed by atoms with van der Waals surface area (Å²) in [7, 11) is 0. The van der Waals surface area contributed by atoms with Crippen molar-refractivity contribution in [3.63, 3.8) is 0 Å². The quantitative estimate of drug-likeness (QED) is 0.794. The van der Waals surface area contributed by atoms with E-state index in [1.165, 1.54) is 11.3 Å². The second kappa shape index (κ2) is 5.29. The number of hydrogen-bond acceptors (Lipinski definition) is 3. The zero-order chi connectivity index (χ0) is 11.3. The molecule has 1 heterocycles. The molecular weight excluding hydrogens is 204 g/mol. The second-order valence-corrected chi connectivity index (χ2v) is 5.90. The van der Waals surface area contributed by atoms with Crippen LogP contribution >= 0.6 is 11.3 Å². The molecule has 0 saturated heterocycles. The molecule has 0 amide bonds. The third-order valence-electron chi connectivity index (χ3n) is 2.13. The van der Waals surface area contributed by atoms with E-state index in [-0.39, 0.29) is 0 Å². The van der Waals surface area contributed by atoms with E-state index in [1.807, 2.05) is 11.4 Å². The van der Waals surface area contributed by atoms with Crippen molar-refractivity contribution >= 4 is 11.3 Å². The fourth-order valence-electron chi connectivity index (χ4n) is 1.21. The molecule has 1 N–H and O–H groups in total. The van der Waals surface area contributed by atoms with E-state index < -0.39 is 0 Å². The van der Waals surface area contributed by atoms with Crippen LogP contribution in [0.5, 0.6) is 0 Å². The predicted molar refractivity (Wildman–Crippen MR) is 64.8 cm³/mol. The van der Waals surface area contributed by atoms with Gasteiger partial charge >= 0.3 is 0 Å². The highest BCUT2D eigenvalue weighted by molar-refractivity contribution is 7.10. The minimum atomic E-state index is 0.389. The van der Waals surface area contributed by atoms with Crippen molar-refractivity contribution in [2.45, 2.75) is 33.7 Å². The molecule has 0 aliphatic rings. The van der Waals surface area contributed by atoms with Gasteiger partial charge in [-0.25, -0.2) is 0 Å². The summed E-state index contributed by atoms with van der Waals surface area (Å²) < 4.78 is 0. The normalized spacial score (nSPS) is 11.3. The first-order valence-corrected chi connectivity index (χ1v) is 6.07. The fraction of sp³-hybridized carbons (Fsp3) is 0.583. The Morgan fingerprint density at radius 3 is 2.73 bits per heavy atom. The van der Waals surface area contributed by atoms with Crippen LogP contribution in [0.15, 0.2) is 11.4 Å². The van der Waals surface area contributed by atoms with E-state index in [2.05, 4.69) is 32.2 Å². The minimum absolute atomic E-state index is 0.389. The maximum atomic E-state index is 8.67. The van der Waals surface area contributed by atoms with Crippen LogP contribution in [0.2, 0.25) is 0 Å². The van der Waals surface area contributed by atoms with Crippen LogP contribution in [0.25, 0.3) is 0 Å². The van der Waals surface area contributed by atoms with Crippen LogP contribution in [-0.2, 0) is 6.54 Å². The van der Waals surface area contributed by atoms with Crippen LogP contribution in [0.3, 0.4) is 0 Å². The zero-order valence-electron chi connectivity index (χ0n) is 9.63. The third kappa shape index (κ3) is 4.96. The summed E-state index contributed by atoms with van der Waals surface area (Å²) in [6.07, 6.45) is 1.17. The highest BCUT2D eigenvalue weighted by Crippen LogP contribution is 2.17. The standard InChI is InChI=1S/C12H18N2S/c1-12(2,3)4-5-14-8-11-6-10(7-13)9-15-11/h6,9,14H,4-5,8H2,1-3H3. The molecule has 3 heteroatoms. The van der Waals surface area contributed by atoms with Crippen LogP contribution in [0.4, 0.5) is 0 Å². The first-order valence-electron chi connectivity index (χ1n) is 5.19. The minimum Gasteiger partial charge on any atom is -0.312 e. The maximum absolute atomic E-state index is 8.67. The Morgan fingerprint density at radius 1 is 1.47 bits per heavy atom. The van der Waals surface area contributed by atoms with E-state index in [0.29, 0.717) is 5.41 Å². The Hall–Kier alpha value is -0.850. The maximum Gasteiger partial charge on any atom is 0.100 e. The molecule has 0 radical (unpaired) electrons. The van der Waals surface area contributed by atoms with Crippen molar-refractivity contribution < 1.29 is 0 Å². The van der Waals surface area contributed by atoms with Crippen molar-refractivity contribution in [2.24, 2.45) is 5.41 Å². The highest BCUT2D eigenvalue weighted by Gasteiger charge is 2.08. The number of nitriles is 1. The second-order valence-electron chi connectivity index (χ2n) is 4.90. The number of nitrogens with zero attached hydrogens (tertiary/aromatic N) is 1. The van der Waals surface area contributed by atoms with Crippen LogP contribution in [0.1, 0.15) is 37.6 Å². The van der Waals surface area contributed by atoms with E-state index in [9.17, 15) is 0 Å². The van der Waals surface area contributed by atoms with Gasteiger partial charge in [-0.3, -0.25) is 0 Å². The average molecular weight is 222 g/mol. The Kier molecular flexibility index (Phi) is 4.31. The van der Waals surface area contributed by atoms with Gasteiger partial charge in [0, 0.05) is 16.8 Å². The molecule has 15 heavy (non-hydrogen) atoms. The van der Waals surface area contributed by atoms with Gasteiger partial charge in [-0.1, -0.05) is 20.8 Å². The largest absolute Gasteiger partial charge is 0.312 e. The molecule has 0 spiro atoms. The Bertz CT molecular complexity index is 341. The van der Waals surface area contributed by atoms with Gasteiger partial charge in [-0.15, -0.1) is 11.3 Å². The van der Waals surface area contributed by atoms with Crippen LogP contribution in [-0.4, -0.2) is 6.54 Å². The van der Waals surface area contributed by atoms with E-state index in [1.54, 1.807) is 11.3 Å². The molecule has 2 nitrogen and oxygen atoms in total. The lowest BCUT2D eigenvalue weighted by molar-refractivity contribution is 0.367. The van der Waals surface area contributed by atoms with Gasteiger partial charge in [0.15, 0.2) is 0 Å². The monoisotopic (exact) mass is 222 g/mol. The summed E-state index contributed by atoms with van der Waals surface area (Å²) in [5.74, 6) is 0. The first kappa shape index (κ1) is 12.2. The van der Waals surface area contributed by atoms with Gasteiger partial charge in [0.05, 0.1) is 5.56 Å². The molecule has 0 bridgehead atoms. The summed E-state index contributed by atoms with van der Waals surface area (Å²) in [4.78, 5) is 1.24. The SMILES string of the molecule is CC(C)(C)CCNCc1cc(C#N)cs1.